The molecule has 1 nitrogen and oxygen atoms in total. The maximum atomic E-state index is 14.0. The highest BCUT2D eigenvalue weighted by molar-refractivity contribution is 5.46. The van der Waals surface area contributed by atoms with Crippen LogP contribution in [0.15, 0.2) is 36.4 Å². The molecule has 0 unspecified atom stereocenters. The largest absolute Gasteiger partial charge is 0.490 e. The summed E-state index contributed by atoms with van der Waals surface area (Å²) >= 11 is 0. The smallest absolute Gasteiger partial charge is 0.201 e. The number of halogens is 2. The summed E-state index contributed by atoms with van der Waals surface area (Å²) in [5.74, 6) is 3.52. The van der Waals surface area contributed by atoms with Gasteiger partial charge in [0.2, 0.25) is 5.82 Å². The van der Waals surface area contributed by atoms with Crippen molar-refractivity contribution in [1.82, 2.24) is 0 Å². The van der Waals surface area contributed by atoms with Gasteiger partial charge in [0.25, 0.3) is 0 Å². The lowest BCUT2D eigenvalue weighted by Crippen LogP contribution is -2.01. The Balaban J connectivity index is 2.12. The fourth-order valence-electron chi connectivity index (χ4n) is 2.05. The summed E-state index contributed by atoms with van der Waals surface area (Å²) in [7, 11) is 0. The fraction of sp³-hybridized carbons (Fsp3) is 0.300. The second-order valence-corrected chi connectivity index (χ2v) is 5.41. The van der Waals surface area contributed by atoms with E-state index in [2.05, 4.69) is 18.8 Å². The molecule has 0 N–H and O–H groups in total. The molecule has 0 saturated carbocycles. The summed E-state index contributed by atoms with van der Waals surface area (Å²) in [4.78, 5) is 0. The van der Waals surface area contributed by atoms with Gasteiger partial charge in [-0.1, -0.05) is 49.3 Å². The molecule has 0 aromatic heterocycles. The first-order valence-electron chi connectivity index (χ1n) is 7.81. The summed E-state index contributed by atoms with van der Waals surface area (Å²) in [5.41, 5.74) is 1.91. The van der Waals surface area contributed by atoms with E-state index in [9.17, 15) is 8.78 Å². The minimum absolute atomic E-state index is 0.0315. The molecule has 2 aromatic carbocycles. The van der Waals surface area contributed by atoms with Crippen LogP contribution in [0.2, 0.25) is 0 Å². The van der Waals surface area contributed by atoms with Crippen LogP contribution in [0.1, 0.15) is 42.9 Å². The number of hydrogen-bond acceptors (Lipinski definition) is 1. The van der Waals surface area contributed by atoms with Crippen LogP contribution in [0.5, 0.6) is 5.75 Å². The molecule has 0 bridgehead atoms. The molecule has 120 valence electrons. The summed E-state index contributed by atoms with van der Waals surface area (Å²) in [6.45, 7) is 4.44. The fourth-order valence-corrected chi connectivity index (χ4v) is 2.05. The van der Waals surface area contributed by atoms with Crippen LogP contribution < -0.4 is 4.74 Å². The second-order valence-electron chi connectivity index (χ2n) is 5.41. The van der Waals surface area contributed by atoms with Crippen molar-refractivity contribution in [1.29, 1.82) is 0 Å². The first-order valence-corrected chi connectivity index (χ1v) is 7.81. The Hall–Kier alpha value is -2.34. The van der Waals surface area contributed by atoms with Gasteiger partial charge in [0.05, 0.1) is 12.2 Å². The number of hydrogen-bond donors (Lipinski definition) is 0. The van der Waals surface area contributed by atoms with Gasteiger partial charge in [0.1, 0.15) is 0 Å². The van der Waals surface area contributed by atoms with E-state index in [-0.39, 0.29) is 11.3 Å². The Kier molecular flexibility index (Phi) is 6.17. The standard InChI is InChI=1S/C20H20F2O/c1-3-4-5-14-23-18-13-12-17(19(21)20(18)22)11-10-16-8-6-15(2)7-9-16/h6-9,12-13H,3-5,14H2,1-2H3. The molecule has 0 heterocycles. The van der Waals surface area contributed by atoms with Gasteiger partial charge in [-0.15, -0.1) is 0 Å². The zero-order valence-electron chi connectivity index (χ0n) is 13.5. The molecule has 0 amide bonds. The molecule has 0 fully saturated rings. The van der Waals surface area contributed by atoms with Crippen LogP contribution >= 0.6 is 0 Å². The maximum absolute atomic E-state index is 14.0. The lowest BCUT2D eigenvalue weighted by atomic mass is 10.1. The Morgan fingerprint density at radius 2 is 1.65 bits per heavy atom. The number of rotatable bonds is 5. The van der Waals surface area contributed by atoms with Crippen molar-refractivity contribution in [2.75, 3.05) is 6.61 Å². The van der Waals surface area contributed by atoms with Gasteiger partial charge < -0.3 is 4.74 Å². The highest BCUT2D eigenvalue weighted by atomic mass is 19.2. The Bertz CT molecular complexity index is 709. The van der Waals surface area contributed by atoms with E-state index >= 15 is 0 Å². The zero-order valence-corrected chi connectivity index (χ0v) is 13.5. The maximum Gasteiger partial charge on any atom is 0.201 e. The molecule has 0 aliphatic carbocycles. The molecule has 0 radical (unpaired) electrons. The lowest BCUT2D eigenvalue weighted by Gasteiger charge is -2.08. The third-order valence-corrected chi connectivity index (χ3v) is 3.45. The molecule has 0 saturated heterocycles. The van der Waals surface area contributed by atoms with Crippen molar-refractivity contribution >= 4 is 0 Å². The predicted molar refractivity (Wildman–Crippen MR) is 88.5 cm³/mol. The molecular weight excluding hydrogens is 294 g/mol. The van der Waals surface area contributed by atoms with E-state index in [0.717, 1.165) is 30.4 Å². The monoisotopic (exact) mass is 314 g/mol. The molecule has 3 heteroatoms. The topological polar surface area (TPSA) is 9.23 Å². The predicted octanol–water partition coefficient (Wildman–Crippen LogP) is 5.24. The van der Waals surface area contributed by atoms with Crippen LogP contribution in [-0.4, -0.2) is 6.61 Å². The van der Waals surface area contributed by atoms with Gasteiger partial charge in [-0.05, 0) is 37.6 Å². The van der Waals surface area contributed by atoms with Crippen LogP contribution in [0.25, 0.3) is 0 Å². The molecule has 0 aliphatic rings. The minimum atomic E-state index is -0.975. The highest BCUT2D eigenvalue weighted by Crippen LogP contribution is 2.22. The molecular formula is C20H20F2O. The van der Waals surface area contributed by atoms with Crippen molar-refractivity contribution in [2.45, 2.75) is 33.1 Å². The Morgan fingerprint density at radius 3 is 2.35 bits per heavy atom. The van der Waals surface area contributed by atoms with E-state index in [1.54, 1.807) is 0 Å². The summed E-state index contributed by atoms with van der Waals surface area (Å²) < 4.78 is 33.3. The lowest BCUT2D eigenvalue weighted by molar-refractivity contribution is 0.286. The SMILES string of the molecule is CCCCCOc1ccc(C#Cc2ccc(C)cc2)c(F)c1F. The van der Waals surface area contributed by atoms with Crippen molar-refractivity contribution in [3.8, 4) is 17.6 Å². The van der Waals surface area contributed by atoms with Gasteiger partial charge in [-0.2, -0.15) is 4.39 Å². The summed E-state index contributed by atoms with van der Waals surface area (Å²) in [5, 5.41) is 0. The molecule has 0 atom stereocenters. The molecule has 2 rings (SSSR count). The van der Waals surface area contributed by atoms with E-state index in [1.807, 2.05) is 31.2 Å². The average Bonchev–Trinajstić information content (AvgIpc) is 2.56. The Labute approximate surface area is 136 Å². The van der Waals surface area contributed by atoms with E-state index in [4.69, 9.17) is 4.74 Å². The molecule has 23 heavy (non-hydrogen) atoms. The summed E-state index contributed by atoms with van der Waals surface area (Å²) in [6, 6.07) is 10.4. The van der Waals surface area contributed by atoms with E-state index in [1.165, 1.54) is 12.1 Å². The first-order chi connectivity index (χ1) is 11.1. The quantitative estimate of drug-likeness (QED) is 0.541. The van der Waals surface area contributed by atoms with Gasteiger partial charge in [-0.25, -0.2) is 4.39 Å². The van der Waals surface area contributed by atoms with E-state index in [0.29, 0.717) is 6.61 Å². The molecule has 0 spiro atoms. The van der Waals surface area contributed by atoms with Gasteiger partial charge in [0, 0.05) is 5.56 Å². The zero-order chi connectivity index (χ0) is 16.7. The minimum Gasteiger partial charge on any atom is -0.490 e. The van der Waals surface area contributed by atoms with Crippen molar-refractivity contribution in [3.63, 3.8) is 0 Å². The van der Waals surface area contributed by atoms with Crippen LogP contribution in [0.4, 0.5) is 8.78 Å². The van der Waals surface area contributed by atoms with Gasteiger partial charge in [-0.3, -0.25) is 0 Å². The number of benzene rings is 2. The van der Waals surface area contributed by atoms with Gasteiger partial charge >= 0.3 is 0 Å². The van der Waals surface area contributed by atoms with Crippen LogP contribution in [-0.2, 0) is 0 Å². The third-order valence-electron chi connectivity index (χ3n) is 3.45. The molecule has 2 aromatic rings. The Morgan fingerprint density at radius 1 is 0.913 bits per heavy atom. The first kappa shape index (κ1) is 17.0. The second kappa shape index (κ2) is 8.33. The van der Waals surface area contributed by atoms with Gasteiger partial charge in [0.15, 0.2) is 11.6 Å². The van der Waals surface area contributed by atoms with E-state index < -0.39 is 11.6 Å². The van der Waals surface area contributed by atoms with Crippen molar-refractivity contribution in [2.24, 2.45) is 0 Å². The van der Waals surface area contributed by atoms with Crippen LogP contribution in [0, 0.1) is 30.4 Å². The normalized spacial score (nSPS) is 10.1. The average molecular weight is 314 g/mol. The number of ether oxygens (including phenoxy) is 1. The summed E-state index contributed by atoms with van der Waals surface area (Å²) in [6.07, 6.45) is 2.88. The van der Waals surface area contributed by atoms with Crippen LogP contribution in [0.3, 0.4) is 0 Å². The third kappa shape index (κ3) is 4.82. The van der Waals surface area contributed by atoms with Crippen molar-refractivity contribution < 1.29 is 13.5 Å². The molecule has 0 aliphatic heterocycles. The number of unbranched alkanes of at least 4 members (excludes halogenated alkanes) is 2. The highest BCUT2D eigenvalue weighted by Gasteiger charge is 2.13. The number of aryl methyl sites for hydroxylation is 1. The van der Waals surface area contributed by atoms with Crippen molar-refractivity contribution in [3.05, 3.63) is 64.7 Å².